The van der Waals surface area contributed by atoms with E-state index in [1.807, 2.05) is 19.1 Å². The van der Waals surface area contributed by atoms with Crippen LogP contribution >= 0.6 is 12.4 Å². The summed E-state index contributed by atoms with van der Waals surface area (Å²) in [5.74, 6) is 1.60. The van der Waals surface area contributed by atoms with E-state index < -0.39 is 0 Å². The van der Waals surface area contributed by atoms with E-state index in [1.54, 1.807) is 30.7 Å². The van der Waals surface area contributed by atoms with Crippen molar-refractivity contribution in [1.29, 1.82) is 0 Å². The number of aromatic nitrogens is 3. The van der Waals surface area contributed by atoms with E-state index in [9.17, 15) is 9.18 Å². The van der Waals surface area contributed by atoms with E-state index in [0.717, 1.165) is 30.8 Å². The fourth-order valence-electron chi connectivity index (χ4n) is 3.79. The molecule has 3 N–H and O–H groups in total. The molecule has 33 heavy (non-hydrogen) atoms. The van der Waals surface area contributed by atoms with Gasteiger partial charge in [-0.25, -0.2) is 14.4 Å². The van der Waals surface area contributed by atoms with E-state index in [2.05, 4.69) is 30.8 Å². The van der Waals surface area contributed by atoms with Crippen LogP contribution in [0.25, 0.3) is 0 Å². The van der Waals surface area contributed by atoms with Crippen LogP contribution in [0.15, 0.2) is 55.0 Å². The lowest BCUT2D eigenvalue weighted by atomic mass is 10.1. The highest BCUT2D eigenvalue weighted by Crippen LogP contribution is 2.29. The Bertz CT molecular complexity index is 1070. The van der Waals surface area contributed by atoms with Gasteiger partial charge in [-0.15, -0.1) is 12.4 Å². The molecule has 1 aliphatic rings. The first-order chi connectivity index (χ1) is 15.5. The smallest absolute Gasteiger partial charge is 0.217 e. The molecule has 10 heteroatoms. The van der Waals surface area contributed by atoms with E-state index in [-0.39, 0.29) is 36.2 Å². The second-order valence-electron chi connectivity index (χ2n) is 7.86. The van der Waals surface area contributed by atoms with Gasteiger partial charge in [-0.1, -0.05) is 12.1 Å². The summed E-state index contributed by atoms with van der Waals surface area (Å²) in [7, 11) is 0. The molecule has 0 aliphatic carbocycles. The summed E-state index contributed by atoms with van der Waals surface area (Å²) >= 11 is 0. The average molecular weight is 472 g/mol. The molecule has 1 amide bonds. The van der Waals surface area contributed by atoms with Crippen molar-refractivity contribution >= 4 is 41.5 Å². The van der Waals surface area contributed by atoms with Gasteiger partial charge in [0.05, 0.1) is 6.20 Å². The minimum Gasteiger partial charge on any atom is -0.369 e. The molecule has 4 rings (SSSR count). The van der Waals surface area contributed by atoms with Gasteiger partial charge in [-0.2, -0.15) is 0 Å². The van der Waals surface area contributed by atoms with Crippen molar-refractivity contribution in [1.82, 2.24) is 20.3 Å². The van der Waals surface area contributed by atoms with E-state index >= 15 is 0 Å². The van der Waals surface area contributed by atoms with Crippen molar-refractivity contribution in [2.24, 2.45) is 0 Å². The predicted molar refractivity (Wildman–Crippen MR) is 130 cm³/mol. The zero-order chi connectivity index (χ0) is 22.5. The summed E-state index contributed by atoms with van der Waals surface area (Å²) in [5.41, 5.74) is 1.93. The molecule has 1 saturated heterocycles. The van der Waals surface area contributed by atoms with E-state index in [0.29, 0.717) is 17.5 Å². The third kappa shape index (κ3) is 6.52. The van der Waals surface area contributed by atoms with Gasteiger partial charge in [0, 0.05) is 62.3 Å². The highest BCUT2D eigenvalue weighted by molar-refractivity contribution is 5.85. The molecule has 1 aliphatic heterocycles. The van der Waals surface area contributed by atoms with Gasteiger partial charge in [0.2, 0.25) is 5.91 Å². The van der Waals surface area contributed by atoms with Crippen LogP contribution in [0, 0.1) is 5.82 Å². The third-order valence-electron chi connectivity index (χ3n) is 5.32. The number of nitrogens with one attached hydrogen (secondary N) is 3. The number of halogens is 2. The maximum absolute atomic E-state index is 13.3. The lowest BCUT2D eigenvalue weighted by Crippen LogP contribution is -2.35. The van der Waals surface area contributed by atoms with E-state index in [1.165, 1.54) is 19.1 Å². The number of anilines is 4. The Kier molecular flexibility index (Phi) is 8.00. The van der Waals surface area contributed by atoms with Crippen molar-refractivity contribution in [3.8, 4) is 0 Å². The van der Waals surface area contributed by atoms with Gasteiger partial charge in [0.1, 0.15) is 23.3 Å². The second kappa shape index (κ2) is 10.9. The predicted octanol–water partition coefficient (Wildman–Crippen LogP) is 4.06. The van der Waals surface area contributed by atoms with Crippen LogP contribution in [-0.2, 0) is 4.79 Å². The number of hydrogen-bond donors (Lipinski definition) is 3. The molecular formula is C23H27ClFN7O. The summed E-state index contributed by atoms with van der Waals surface area (Å²) in [6.07, 6.45) is 5.73. The number of amides is 1. The van der Waals surface area contributed by atoms with Crippen LogP contribution in [0.4, 0.5) is 27.5 Å². The highest BCUT2D eigenvalue weighted by atomic mass is 35.5. The number of carbonyl (C=O) groups is 1. The second-order valence-corrected chi connectivity index (χ2v) is 7.86. The lowest BCUT2D eigenvalue weighted by Gasteiger charge is -2.22. The van der Waals surface area contributed by atoms with Crippen LogP contribution in [0.3, 0.4) is 0 Å². The molecule has 3 aromatic rings. The van der Waals surface area contributed by atoms with Crippen LogP contribution in [-0.4, -0.2) is 40.0 Å². The third-order valence-corrected chi connectivity index (χ3v) is 5.32. The minimum absolute atomic E-state index is 0. The highest BCUT2D eigenvalue weighted by Gasteiger charge is 2.24. The molecule has 0 bridgehead atoms. The van der Waals surface area contributed by atoms with Gasteiger partial charge in [-0.05, 0) is 31.0 Å². The minimum atomic E-state index is -0.265. The van der Waals surface area contributed by atoms with E-state index in [4.69, 9.17) is 4.98 Å². The van der Waals surface area contributed by atoms with Crippen molar-refractivity contribution < 1.29 is 9.18 Å². The first kappa shape index (κ1) is 24.2. The molecular weight excluding hydrogens is 445 g/mol. The zero-order valence-electron chi connectivity index (χ0n) is 18.5. The van der Waals surface area contributed by atoms with Gasteiger partial charge < -0.3 is 20.9 Å². The topological polar surface area (TPSA) is 95.1 Å². The Morgan fingerprint density at radius 3 is 2.61 bits per heavy atom. The molecule has 0 saturated carbocycles. The Morgan fingerprint density at radius 2 is 1.91 bits per heavy atom. The molecule has 2 aromatic heterocycles. The summed E-state index contributed by atoms with van der Waals surface area (Å²) in [6.45, 7) is 5.09. The van der Waals surface area contributed by atoms with Crippen LogP contribution < -0.4 is 20.9 Å². The molecule has 1 aromatic carbocycles. The van der Waals surface area contributed by atoms with Gasteiger partial charge >= 0.3 is 0 Å². The SMILES string of the molecule is CC(=O)NC1CCN(c2cc(Nc3cnccn3)nc(NC(C)c3ccc(F)cc3)c2)C1.Cl. The summed E-state index contributed by atoms with van der Waals surface area (Å²) in [6, 6.07) is 10.4. The maximum Gasteiger partial charge on any atom is 0.217 e. The molecule has 8 nitrogen and oxygen atoms in total. The Morgan fingerprint density at radius 1 is 1.15 bits per heavy atom. The molecule has 3 heterocycles. The fraction of sp³-hybridized carbons (Fsp3) is 0.304. The molecule has 0 radical (unpaired) electrons. The number of pyridine rings is 1. The summed E-state index contributed by atoms with van der Waals surface area (Å²) < 4.78 is 13.3. The molecule has 2 atom stereocenters. The van der Waals surface area contributed by atoms with Crippen LogP contribution in [0.1, 0.15) is 31.9 Å². The molecule has 2 unspecified atom stereocenters. The number of carbonyl (C=O) groups excluding carboxylic acids is 1. The monoisotopic (exact) mass is 471 g/mol. The largest absolute Gasteiger partial charge is 0.369 e. The van der Waals surface area contributed by atoms with Gasteiger partial charge in [-0.3, -0.25) is 9.78 Å². The standard InChI is InChI=1S/C23H26FN7O.ClH/c1-15(17-3-5-18(24)6-4-17)27-21-11-20(31-10-7-19(14-31)28-16(2)32)12-22(29-21)30-23-13-25-8-9-26-23;/h3-6,8-9,11-13,15,19H,7,10,14H2,1-2H3,(H,28,32)(H2,26,27,29,30);1H. The van der Waals surface area contributed by atoms with Gasteiger partial charge in [0.25, 0.3) is 0 Å². The number of nitrogens with zero attached hydrogens (tertiary/aromatic N) is 4. The summed E-state index contributed by atoms with van der Waals surface area (Å²) in [5, 5.41) is 9.60. The number of rotatable bonds is 7. The summed E-state index contributed by atoms with van der Waals surface area (Å²) in [4.78, 5) is 26.7. The molecule has 174 valence electrons. The molecule has 1 fully saturated rings. The van der Waals surface area contributed by atoms with Crippen molar-refractivity contribution in [2.75, 3.05) is 28.6 Å². The van der Waals surface area contributed by atoms with Crippen LogP contribution in [0.5, 0.6) is 0 Å². The van der Waals surface area contributed by atoms with Crippen LogP contribution in [0.2, 0.25) is 0 Å². The number of hydrogen-bond acceptors (Lipinski definition) is 7. The normalized spacial score (nSPS) is 16.0. The van der Waals surface area contributed by atoms with Crippen molar-refractivity contribution in [2.45, 2.75) is 32.4 Å². The van der Waals surface area contributed by atoms with Crippen molar-refractivity contribution in [3.05, 3.63) is 66.4 Å². The van der Waals surface area contributed by atoms with Crippen molar-refractivity contribution in [3.63, 3.8) is 0 Å². The zero-order valence-corrected chi connectivity index (χ0v) is 19.3. The first-order valence-electron chi connectivity index (χ1n) is 10.6. The Labute approximate surface area is 198 Å². The average Bonchev–Trinajstić information content (AvgIpc) is 3.22. The Hall–Kier alpha value is -3.46. The first-order valence-corrected chi connectivity index (χ1v) is 10.6. The maximum atomic E-state index is 13.3. The van der Waals surface area contributed by atoms with Gasteiger partial charge in [0.15, 0.2) is 0 Å². The Balaban J connectivity index is 0.00000306. The fourth-order valence-corrected chi connectivity index (χ4v) is 3.79. The quantitative estimate of drug-likeness (QED) is 0.478. The molecule has 0 spiro atoms. The lowest BCUT2D eigenvalue weighted by molar-refractivity contribution is -0.119. The number of benzene rings is 1.